The first-order valence-corrected chi connectivity index (χ1v) is 10.8. The molecule has 1 aliphatic rings. The lowest BCUT2D eigenvalue weighted by Crippen LogP contribution is -2.44. The van der Waals surface area contributed by atoms with Crippen molar-refractivity contribution in [3.8, 4) is 11.1 Å². The number of carbonyl (C=O) groups is 1. The quantitative estimate of drug-likeness (QED) is 0.433. The van der Waals surface area contributed by atoms with Gasteiger partial charge in [-0.1, -0.05) is 18.2 Å². The monoisotopic (exact) mass is 480 g/mol. The molecule has 4 aromatic rings. The maximum Gasteiger partial charge on any atom is 0.322 e. The Morgan fingerprint density at radius 3 is 2.90 bits per heavy atom. The number of esters is 1. The van der Waals surface area contributed by atoms with Gasteiger partial charge < -0.3 is 15.8 Å². The number of piperidine rings is 1. The van der Waals surface area contributed by atoms with E-state index >= 15 is 0 Å². The van der Waals surface area contributed by atoms with Gasteiger partial charge in [-0.3, -0.25) is 9.78 Å². The third-order valence-corrected chi connectivity index (χ3v) is 6.65. The summed E-state index contributed by atoms with van der Waals surface area (Å²) in [5.41, 5.74) is 10.7. The van der Waals surface area contributed by atoms with Crippen LogP contribution in [0.3, 0.4) is 0 Å². The summed E-state index contributed by atoms with van der Waals surface area (Å²) in [5.74, 6) is 0.373. The molecule has 0 spiro atoms. The highest BCUT2D eigenvalue weighted by Crippen LogP contribution is 2.36. The fourth-order valence-electron chi connectivity index (χ4n) is 4.14. The SMILES string of the molecule is COC(=O)[C@H]1CCC(c2nc3c(-c4cnc5ccccc5c4)cnn3c(N)c2Br)CN1. The second-order valence-corrected chi connectivity index (χ2v) is 8.46. The maximum absolute atomic E-state index is 11.8. The number of nitrogens with zero attached hydrogens (tertiary/aromatic N) is 4. The molecule has 8 nitrogen and oxygen atoms in total. The van der Waals surface area contributed by atoms with Crippen LogP contribution in [0.4, 0.5) is 5.82 Å². The first kappa shape index (κ1) is 19.9. The molecular weight excluding hydrogens is 460 g/mol. The van der Waals surface area contributed by atoms with Crippen LogP contribution in [-0.2, 0) is 9.53 Å². The molecule has 3 aromatic heterocycles. The van der Waals surface area contributed by atoms with Crippen LogP contribution >= 0.6 is 15.9 Å². The van der Waals surface area contributed by atoms with E-state index in [1.807, 2.05) is 30.5 Å². The van der Waals surface area contributed by atoms with E-state index < -0.39 is 0 Å². The van der Waals surface area contributed by atoms with E-state index in [1.165, 1.54) is 7.11 Å². The topological polar surface area (TPSA) is 107 Å². The molecule has 1 aliphatic heterocycles. The van der Waals surface area contributed by atoms with E-state index in [2.05, 4.69) is 37.4 Å². The Balaban J connectivity index is 1.55. The van der Waals surface area contributed by atoms with Crippen LogP contribution < -0.4 is 11.1 Å². The first-order chi connectivity index (χ1) is 15.1. The normalized spacial score (nSPS) is 19.0. The van der Waals surface area contributed by atoms with Crippen molar-refractivity contribution in [2.75, 3.05) is 19.4 Å². The highest BCUT2D eigenvalue weighted by molar-refractivity contribution is 9.10. The third kappa shape index (κ3) is 3.43. The van der Waals surface area contributed by atoms with Gasteiger partial charge in [-0.05, 0) is 40.9 Å². The molecule has 5 rings (SSSR count). The lowest BCUT2D eigenvalue weighted by molar-refractivity contribution is -0.143. The summed E-state index contributed by atoms with van der Waals surface area (Å²) in [4.78, 5) is 21.3. The molecule has 158 valence electrons. The van der Waals surface area contributed by atoms with E-state index in [9.17, 15) is 4.79 Å². The largest absolute Gasteiger partial charge is 0.468 e. The van der Waals surface area contributed by atoms with Crippen LogP contribution in [0, 0.1) is 0 Å². The zero-order valence-corrected chi connectivity index (χ0v) is 18.5. The number of aromatic nitrogens is 4. The number of nitrogen functional groups attached to an aromatic ring is 1. The summed E-state index contributed by atoms with van der Waals surface area (Å²) in [6, 6.07) is 9.79. The molecule has 31 heavy (non-hydrogen) atoms. The average molecular weight is 481 g/mol. The second kappa shape index (κ2) is 7.90. The number of nitrogens with one attached hydrogen (secondary N) is 1. The van der Waals surface area contributed by atoms with Gasteiger partial charge >= 0.3 is 5.97 Å². The highest BCUT2D eigenvalue weighted by atomic mass is 79.9. The summed E-state index contributed by atoms with van der Waals surface area (Å²) in [6.07, 6.45) is 5.08. The van der Waals surface area contributed by atoms with Crippen molar-refractivity contribution < 1.29 is 9.53 Å². The standard InChI is InChI=1S/C22H21BrN6O2/c1-31-22(30)17-7-6-13(9-26-17)19-18(23)20(24)29-21(28-19)15(11-27-29)14-8-12-4-2-3-5-16(12)25-10-14/h2-5,8,10-11,13,17,26H,6-7,9,24H2,1H3/t13?,17-/m1/s1. The molecule has 4 heterocycles. The van der Waals surface area contributed by atoms with Crippen molar-refractivity contribution in [3.05, 3.63) is 52.9 Å². The van der Waals surface area contributed by atoms with Crippen molar-refractivity contribution in [1.82, 2.24) is 24.9 Å². The minimum Gasteiger partial charge on any atom is -0.468 e. The number of ether oxygens (including phenoxy) is 1. The van der Waals surface area contributed by atoms with Gasteiger partial charge in [-0.15, -0.1) is 0 Å². The number of carbonyl (C=O) groups excluding carboxylic acids is 1. The number of nitrogens with two attached hydrogens (primary N) is 1. The molecule has 1 saturated heterocycles. The van der Waals surface area contributed by atoms with Crippen LogP contribution in [0.2, 0.25) is 0 Å². The number of hydrogen-bond donors (Lipinski definition) is 2. The number of anilines is 1. The van der Waals surface area contributed by atoms with Gasteiger partial charge in [0.25, 0.3) is 0 Å². The van der Waals surface area contributed by atoms with Crippen molar-refractivity contribution in [2.45, 2.75) is 24.8 Å². The zero-order chi connectivity index (χ0) is 21.5. The van der Waals surface area contributed by atoms with E-state index in [0.29, 0.717) is 24.4 Å². The Kier molecular flexibility index (Phi) is 5.07. The molecule has 0 amide bonds. The van der Waals surface area contributed by atoms with Crippen LogP contribution in [0.5, 0.6) is 0 Å². The van der Waals surface area contributed by atoms with Gasteiger partial charge in [0.2, 0.25) is 0 Å². The summed E-state index contributed by atoms with van der Waals surface area (Å²) < 4.78 is 7.23. The molecular formula is C22H21BrN6O2. The summed E-state index contributed by atoms with van der Waals surface area (Å²) in [6.45, 7) is 0.613. The summed E-state index contributed by atoms with van der Waals surface area (Å²) >= 11 is 3.61. The van der Waals surface area contributed by atoms with E-state index in [1.54, 1.807) is 10.7 Å². The molecule has 0 aliphatic carbocycles. The fraction of sp³-hybridized carbons (Fsp3) is 0.273. The molecule has 1 unspecified atom stereocenters. The molecule has 0 saturated carbocycles. The Hall–Kier alpha value is -3.04. The number of halogens is 1. The lowest BCUT2D eigenvalue weighted by atomic mass is 9.91. The van der Waals surface area contributed by atoms with Crippen LogP contribution in [-0.4, -0.2) is 45.2 Å². The molecule has 9 heteroatoms. The summed E-state index contributed by atoms with van der Waals surface area (Å²) in [7, 11) is 1.41. The molecule has 1 fully saturated rings. The average Bonchev–Trinajstić information content (AvgIpc) is 3.25. The predicted octanol–water partition coefficient (Wildman–Crippen LogP) is 3.30. The third-order valence-electron chi connectivity index (χ3n) is 5.84. The first-order valence-electron chi connectivity index (χ1n) is 10.1. The van der Waals surface area contributed by atoms with Gasteiger partial charge in [0.05, 0.1) is 29.0 Å². The second-order valence-electron chi connectivity index (χ2n) is 7.66. The van der Waals surface area contributed by atoms with E-state index in [4.69, 9.17) is 15.5 Å². The van der Waals surface area contributed by atoms with Crippen LogP contribution in [0.15, 0.2) is 47.2 Å². The number of pyridine rings is 1. The maximum atomic E-state index is 11.8. The van der Waals surface area contributed by atoms with Gasteiger partial charge in [0, 0.05) is 35.2 Å². The predicted molar refractivity (Wildman–Crippen MR) is 122 cm³/mol. The minimum atomic E-state index is -0.282. The number of rotatable bonds is 3. The fourth-order valence-corrected chi connectivity index (χ4v) is 4.72. The van der Waals surface area contributed by atoms with Gasteiger partial charge in [0.15, 0.2) is 5.65 Å². The zero-order valence-electron chi connectivity index (χ0n) is 16.9. The Labute approximate surface area is 186 Å². The highest BCUT2D eigenvalue weighted by Gasteiger charge is 2.30. The number of fused-ring (bicyclic) bond motifs is 2. The minimum absolute atomic E-state index is 0.111. The lowest BCUT2D eigenvalue weighted by Gasteiger charge is -2.28. The Bertz CT molecular complexity index is 1300. The molecule has 0 bridgehead atoms. The van der Waals surface area contributed by atoms with Gasteiger partial charge in [-0.25, -0.2) is 4.98 Å². The smallest absolute Gasteiger partial charge is 0.322 e. The molecule has 0 radical (unpaired) electrons. The van der Waals surface area contributed by atoms with Crippen molar-refractivity contribution >= 4 is 44.3 Å². The number of benzene rings is 1. The Morgan fingerprint density at radius 1 is 1.29 bits per heavy atom. The number of hydrogen-bond acceptors (Lipinski definition) is 7. The van der Waals surface area contributed by atoms with Gasteiger partial charge in [0.1, 0.15) is 11.9 Å². The number of para-hydroxylation sites is 1. The van der Waals surface area contributed by atoms with Crippen molar-refractivity contribution in [3.63, 3.8) is 0 Å². The van der Waals surface area contributed by atoms with Crippen LogP contribution in [0.25, 0.3) is 27.7 Å². The summed E-state index contributed by atoms with van der Waals surface area (Å²) in [5, 5.41) is 8.78. The molecule has 3 N–H and O–H groups in total. The molecule has 1 aromatic carbocycles. The Morgan fingerprint density at radius 2 is 2.13 bits per heavy atom. The van der Waals surface area contributed by atoms with Gasteiger partial charge in [-0.2, -0.15) is 9.61 Å². The van der Waals surface area contributed by atoms with E-state index in [-0.39, 0.29) is 17.9 Å². The van der Waals surface area contributed by atoms with Crippen molar-refractivity contribution in [2.24, 2.45) is 0 Å². The van der Waals surface area contributed by atoms with E-state index in [0.717, 1.165) is 38.6 Å². The molecule has 2 atom stereocenters. The van der Waals surface area contributed by atoms with Crippen molar-refractivity contribution in [1.29, 1.82) is 0 Å². The van der Waals surface area contributed by atoms with Crippen LogP contribution in [0.1, 0.15) is 24.5 Å². The number of methoxy groups -OCH3 is 1.